The molecule has 0 spiro atoms. The zero-order valence-corrected chi connectivity index (χ0v) is 18.4. The summed E-state index contributed by atoms with van der Waals surface area (Å²) in [7, 11) is 3.09. The van der Waals surface area contributed by atoms with Crippen LogP contribution in [0.1, 0.15) is 5.56 Å². The summed E-state index contributed by atoms with van der Waals surface area (Å²) in [4.78, 5) is 21.6. The van der Waals surface area contributed by atoms with Crippen LogP contribution in [-0.2, 0) is 17.1 Å². The second-order valence-corrected chi connectivity index (χ2v) is 7.82. The quantitative estimate of drug-likeness (QED) is 0.396. The van der Waals surface area contributed by atoms with Crippen LogP contribution in [0.2, 0.25) is 0 Å². The zero-order valence-electron chi connectivity index (χ0n) is 17.5. The van der Waals surface area contributed by atoms with Gasteiger partial charge in [-0.1, -0.05) is 23.9 Å². The summed E-state index contributed by atoms with van der Waals surface area (Å²) in [6.45, 7) is 0.0437. The van der Waals surface area contributed by atoms with Crippen molar-refractivity contribution in [2.45, 2.75) is 17.5 Å². The number of aromatic nitrogens is 3. The molecule has 2 aromatic carbocycles. The first-order valence-electron chi connectivity index (χ1n) is 9.76. The Labute approximate surface area is 188 Å². The molecule has 0 saturated carbocycles. The van der Waals surface area contributed by atoms with Gasteiger partial charge in [0.15, 0.2) is 16.7 Å². The molecule has 0 bridgehead atoms. The molecule has 0 aliphatic carbocycles. The highest BCUT2D eigenvalue weighted by Gasteiger charge is 2.16. The molecule has 1 N–H and O–H groups in total. The number of nitrogens with one attached hydrogen (secondary N) is 1. The lowest BCUT2D eigenvalue weighted by Crippen LogP contribution is -2.19. The molecule has 1 amide bonds. The van der Waals surface area contributed by atoms with E-state index in [0.717, 1.165) is 16.6 Å². The number of carbonyl (C=O) groups excluding carboxylic acids is 1. The Bertz CT molecular complexity index is 1260. The molecule has 4 aromatic rings. The third-order valence-electron chi connectivity index (χ3n) is 4.74. The number of anilines is 1. The van der Waals surface area contributed by atoms with Crippen LogP contribution in [0.25, 0.3) is 11.0 Å². The van der Waals surface area contributed by atoms with Crippen LogP contribution in [0.5, 0.6) is 11.5 Å². The molecular weight excluding hydrogens is 431 g/mol. The molecule has 0 aliphatic rings. The summed E-state index contributed by atoms with van der Waals surface area (Å²) < 4.78 is 25.8. The summed E-state index contributed by atoms with van der Waals surface area (Å²) in [6.07, 6.45) is 3.34. The van der Waals surface area contributed by atoms with Crippen molar-refractivity contribution >= 4 is 34.4 Å². The highest BCUT2D eigenvalue weighted by molar-refractivity contribution is 7.98. The number of amides is 1. The minimum absolute atomic E-state index is 0.0437. The first-order valence-corrected chi connectivity index (χ1v) is 10.8. The number of carbonyl (C=O) groups is 1. The first-order chi connectivity index (χ1) is 15.6. The molecule has 0 aliphatic heterocycles. The standard InChI is InChI=1S/C23H21FN4O3S/c1-30-20-7-6-17(11-21(20)31-2)26-22(29)13-28-19-12-25-9-8-18(19)27-23(28)32-14-15-4-3-5-16(24)10-15/h3-12H,13-14H2,1-2H3,(H,26,29). The maximum Gasteiger partial charge on any atom is 0.244 e. The van der Waals surface area contributed by atoms with Gasteiger partial charge in [0.25, 0.3) is 0 Å². The van der Waals surface area contributed by atoms with Crippen molar-refractivity contribution in [3.63, 3.8) is 0 Å². The van der Waals surface area contributed by atoms with Crippen molar-refractivity contribution in [3.8, 4) is 11.5 Å². The number of halogens is 1. The fourth-order valence-corrected chi connectivity index (χ4v) is 4.20. The number of rotatable bonds is 8. The van der Waals surface area contributed by atoms with Crippen molar-refractivity contribution in [2.75, 3.05) is 19.5 Å². The van der Waals surface area contributed by atoms with E-state index < -0.39 is 0 Å². The van der Waals surface area contributed by atoms with E-state index in [1.807, 2.05) is 10.6 Å². The molecule has 164 valence electrons. The van der Waals surface area contributed by atoms with Gasteiger partial charge in [0, 0.05) is 23.7 Å². The lowest BCUT2D eigenvalue weighted by atomic mass is 10.2. The van der Waals surface area contributed by atoms with Gasteiger partial charge in [0.1, 0.15) is 12.4 Å². The van der Waals surface area contributed by atoms with E-state index in [1.54, 1.807) is 49.8 Å². The fourth-order valence-electron chi connectivity index (χ4n) is 3.24. The summed E-state index contributed by atoms with van der Waals surface area (Å²) in [5, 5.41) is 3.53. The van der Waals surface area contributed by atoms with Gasteiger partial charge in [0.2, 0.25) is 5.91 Å². The minimum Gasteiger partial charge on any atom is -0.493 e. The van der Waals surface area contributed by atoms with E-state index in [1.165, 1.54) is 31.0 Å². The summed E-state index contributed by atoms with van der Waals surface area (Å²) >= 11 is 1.43. The number of thioether (sulfide) groups is 1. The highest BCUT2D eigenvalue weighted by atomic mass is 32.2. The average Bonchev–Trinajstić information content (AvgIpc) is 3.15. The smallest absolute Gasteiger partial charge is 0.244 e. The van der Waals surface area contributed by atoms with Gasteiger partial charge in [-0.05, 0) is 35.9 Å². The second-order valence-electron chi connectivity index (χ2n) is 6.88. The molecule has 0 unspecified atom stereocenters. The van der Waals surface area contributed by atoms with Crippen LogP contribution in [0.3, 0.4) is 0 Å². The number of pyridine rings is 1. The van der Waals surface area contributed by atoms with Crippen LogP contribution >= 0.6 is 11.8 Å². The Kier molecular flexibility index (Phi) is 6.55. The topological polar surface area (TPSA) is 78.3 Å². The number of methoxy groups -OCH3 is 2. The van der Waals surface area contributed by atoms with Gasteiger partial charge in [0.05, 0.1) is 31.4 Å². The van der Waals surface area contributed by atoms with Crippen LogP contribution in [0, 0.1) is 5.82 Å². The third-order valence-corrected chi connectivity index (χ3v) is 5.79. The summed E-state index contributed by atoms with van der Waals surface area (Å²) in [6, 6.07) is 13.4. The van der Waals surface area contributed by atoms with Crippen LogP contribution < -0.4 is 14.8 Å². The number of ether oxygens (including phenoxy) is 2. The van der Waals surface area contributed by atoms with Crippen molar-refractivity contribution in [2.24, 2.45) is 0 Å². The van der Waals surface area contributed by atoms with Gasteiger partial charge in [-0.15, -0.1) is 0 Å². The number of nitrogens with zero attached hydrogens (tertiary/aromatic N) is 3. The molecule has 2 aromatic heterocycles. The number of hydrogen-bond acceptors (Lipinski definition) is 6. The van der Waals surface area contributed by atoms with Gasteiger partial charge in [-0.2, -0.15) is 0 Å². The number of imidazole rings is 1. The van der Waals surface area contributed by atoms with Gasteiger partial charge in [-0.25, -0.2) is 9.37 Å². The van der Waals surface area contributed by atoms with Crippen LogP contribution in [0.4, 0.5) is 10.1 Å². The number of benzene rings is 2. The Morgan fingerprint density at radius 2 is 1.97 bits per heavy atom. The van der Waals surface area contributed by atoms with Crippen molar-refractivity contribution in [1.82, 2.24) is 14.5 Å². The Morgan fingerprint density at radius 3 is 2.75 bits per heavy atom. The van der Waals surface area contributed by atoms with E-state index in [2.05, 4.69) is 15.3 Å². The minimum atomic E-state index is -0.282. The molecule has 7 nitrogen and oxygen atoms in total. The molecule has 0 radical (unpaired) electrons. The summed E-state index contributed by atoms with van der Waals surface area (Å²) in [5.74, 6) is 1.11. The first kappa shape index (κ1) is 21.6. The fraction of sp³-hybridized carbons (Fsp3) is 0.174. The highest BCUT2D eigenvalue weighted by Crippen LogP contribution is 2.30. The Balaban J connectivity index is 1.55. The largest absolute Gasteiger partial charge is 0.493 e. The predicted octanol–water partition coefficient (Wildman–Crippen LogP) is 4.52. The molecule has 0 fully saturated rings. The SMILES string of the molecule is COc1ccc(NC(=O)Cn2c(SCc3cccc(F)c3)nc3ccncc32)cc1OC. The van der Waals surface area contributed by atoms with Crippen LogP contribution in [0.15, 0.2) is 66.1 Å². The monoisotopic (exact) mass is 452 g/mol. The lowest BCUT2D eigenvalue weighted by molar-refractivity contribution is -0.116. The second kappa shape index (κ2) is 9.69. The summed E-state index contributed by atoms with van der Waals surface area (Å²) in [5.41, 5.74) is 2.91. The Hall–Kier alpha value is -3.59. The van der Waals surface area contributed by atoms with E-state index >= 15 is 0 Å². The predicted molar refractivity (Wildman–Crippen MR) is 122 cm³/mol. The lowest BCUT2D eigenvalue weighted by Gasteiger charge is -2.12. The van der Waals surface area contributed by atoms with Crippen molar-refractivity contribution in [3.05, 3.63) is 72.3 Å². The normalized spacial score (nSPS) is 10.8. The van der Waals surface area contributed by atoms with Gasteiger partial charge < -0.3 is 19.4 Å². The average molecular weight is 453 g/mol. The molecule has 32 heavy (non-hydrogen) atoms. The van der Waals surface area contributed by atoms with Crippen molar-refractivity contribution in [1.29, 1.82) is 0 Å². The molecule has 0 saturated heterocycles. The van der Waals surface area contributed by atoms with Crippen LogP contribution in [-0.4, -0.2) is 34.7 Å². The Morgan fingerprint density at radius 1 is 1.12 bits per heavy atom. The van der Waals surface area contributed by atoms with E-state index in [4.69, 9.17) is 9.47 Å². The number of hydrogen-bond donors (Lipinski definition) is 1. The maximum absolute atomic E-state index is 13.5. The van der Waals surface area contributed by atoms with E-state index in [9.17, 15) is 9.18 Å². The molecule has 9 heteroatoms. The molecular formula is C23H21FN4O3S. The van der Waals surface area contributed by atoms with Gasteiger partial charge in [-0.3, -0.25) is 9.78 Å². The van der Waals surface area contributed by atoms with Gasteiger partial charge >= 0.3 is 0 Å². The third kappa shape index (κ3) is 4.83. The number of fused-ring (bicyclic) bond motifs is 1. The molecule has 4 rings (SSSR count). The van der Waals surface area contributed by atoms with Crippen molar-refractivity contribution < 1.29 is 18.7 Å². The maximum atomic E-state index is 13.5. The molecule has 2 heterocycles. The molecule has 0 atom stereocenters. The van der Waals surface area contributed by atoms with E-state index in [-0.39, 0.29) is 18.3 Å². The van der Waals surface area contributed by atoms with E-state index in [0.29, 0.717) is 28.1 Å². The zero-order chi connectivity index (χ0) is 22.5.